The van der Waals surface area contributed by atoms with Crippen LogP contribution < -0.4 is 5.01 Å². The Hall–Kier alpha value is -2.20. The molecule has 1 N–H and O–H groups in total. The molecule has 2 aromatic rings. The number of aromatic nitrogens is 3. The van der Waals surface area contributed by atoms with Crippen molar-refractivity contribution < 1.29 is 10.0 Å². The van der Waals surface area contributed by atoms with Crippen molar-refractivity contribution in [2.75, 3.05) is 5.01 Å². The molecule has 2 aliphatic heterocycles. The van der Waals surface area contributed by atoms with E-state index >= 15 is 0 Å². The van der Waals surface area contributed by atoms with Gasteiger partial charge in [0.15, 0.2) is 5.75 Å². The molecule has 2 aliphatic rings. The number of fused-ring (bicyclic) bond motifs is 3. The number of nitrogens with zero attached hydrogens (tertiary/aromatic N) is 5. The lowest BCUT2D eigenvalue weighted by Crippen LogP contribution is -2.28. The van der Waals surface area contributed by atoms with Crippen LogP contribution in [0.5, 0.6) is 5.75 Å². The zero-order chi connectivity index (χ0) is 14.6. The first kappa shape index (κ1) is 12.5. The third kappa shape index (κ3) is 1.79. The highest BCUT2D eigenvalue weighted by Crippen LogP contribution is 2.51. The van der Waals surface area contributed by atoms with Gasteiger partial charge in [0.05, 0.1) is 4.92 Å². The van der Waals surface area contributed by atoms with Crippen molar-refractivity contribution in [3.8, 4) is 5.75 Å². The van der Waals surface area contributed by atoms with Crippen molar-refractivity contribution in [2.24, 2.45) is 0 Å². The van der Waals surface area contributed by atoms with Crippen molar-refractivity contribution >= 4 is 29.2 Å². The fraction of sp³-hybridized carbons (Fsp3) is 0.0909. The van der Waals surface area contributed by atoms with Gasteiger partial charge in [0, 0.05) is 11.5 Å². The third-order valence-corrected chi connectivity index (χ3v) is 5.36. The van der Waals surface area contributed by atoms with E-state index in [1.54, 1.807) is 24.2 Å². The average Bonchev–Trinajstić information content (AvgIpc) is 3.10. The molecule has 10 heteroatoms. The minimum atomic E-state index is -0.588. The highest BCUT2D eigenvalue weighted by molar-refractivity contribution is 8.07. The molecule has 0 saturated heterocycles. The number of rotatable bonds is 2. The summed E-state index contributed by atoms with van der Waals surface area (Å²) in [5, 5.41) is 34.0. The summed E-state index contributed by atoms with van der Waals surface area (Å²) in [6.07, 6.45) is 1.61. The number of phenols is 1. The van der Waals surface area contributed by atoms with E-state index in [4.69, 9.17) is 0 Å². The molecule has 4 rings (SSSR count). The van der Waals surface area contributed by atoms with Crippen LogP contribution in [0.15, 0.2) is 40.1 Å². The van der Waals surface area contributed by atoms with E-state index in [1.807, 2.05) is 15.1 Å². The topological polar surface area (TPSA) is 97.3 Å². The zero-order valence-corrected chi connectivity index (χ0v) is 11.9. The average molecular weight is 321 g/mol. The SMILES string of the molecule is O=[N+]([O-])c1cc([C@@H]2SC=C3Sc4nncn4N32)ccc1O. The van der Waals surface area contributed by atoms with Gasteiger partial charge in [-0.1, -0.05) is 17.8 Å². The van der Waals surface area contributed by atoms with Gasteiger partial charge in [0.25, 0.3) is 0 Å². The second-order valence-corrected chi connectivity index (χ2v) is 6.30. The Kier molecular flexibility index (Phi) is 2.62. The first-order valence-corrected chi connectivity index (χ1v) is 7.61. The van der Waals surface area contributed by atoms with Crippen LogP contribution in [0.4, 0.5) is 5.69 Å². The van der Waals surface area contributed by atoms with Gasteiger partial charge in [-0.15, -0.1) is 10.2 Å². The minimum absolute atomic E-state index is 0.149. The molecule has 1 aromatic heterocycles. The van der Waals surface area contributed by atoms with Gasteiger partial charge >= 0.3 is 5.69 Å². The number of aromatic hydroxyl groups is 1. The molecule has 1 atom stereocenters. The molecule has 0 bridgehead atoms. The van der Waals surface area contributed by atoms with E-state index in [0.29, 0.717) is 0 Å². The van der Waals surface area contributed by atoms with Crippen LogP contribution >= 0.6 is 23.5 Å². The van der Waals surface area contributed by atoms with Gasteiger partial charge in [0.2, 0.25) is 5.16 Å². The lowest BCUT2D eigenvalue weighted by molar-refractivity contribution is -0.385. The summed E-state index contributed by atoms with van der Waals surface area (Å²) in [4.78, 5) is 10.4. The fourth-order valence-electron chi connectivity index (χ4n) is 2.23. The molecule has 21 heavy (non-hydrogen) atoms. The molecule has 0 saturated carbocycles. The molecule has 0 spiro atoms. The summed E-state index contributed by atoms with van der Waals surface area (Å²) in [6, 6.07) is 4.43. The molecule has 1 aromatic carbocycles. The maximum atomic E-state index is 11.0. The maximum Gasteiger partial charge on any atom is 0.311 e. The van der Waals surface area contributed by atoms with Crippen LogP contribution in [-0.4, -0.2) is 24.9 Å². The number of hydrogen-bond donors (Lipinski definition) is 1. The summed E-state index contributed by atoms with van der Waals surface area (Å²) in [5.41, 5.74) is 0.440. The third-order valence-electron chi connectivity index (χ3n) is 3.16. The number of benzene rings is 1. The maximum absolute atomic E-state index is 11.0. The van der Waals surface area contributed by atoms with E-state index in [1.165, 1.54) is 23.9 Å². The van der Waals surface area contributed by atoms with Crippen molar-refractivity contribution in [3.63, 3.8) is 0 Å². The van der Waals surface area contributed by atoms with E-state index in [0.717, 1.165) is 15.7 Å². The van der Waals surface area contributed by atoms with Gasteiger partial charge in [0.1, 0.15) is 16.7 Å². The van der Waals surface area contributed by atoms with Crippen LogP contribution in [0, 0.1) is 10.1 Å². The second-order valence-electron chi connectivity index (χ2n) is 4.35. The predicted octanol–water partition coefficient (Wildman–Crippen LogP) is 2.18. The molecule has 0 aliphatic carbocycles. The Morgan fingerprint density at radius 3 is 3.10 bits per heavy atom. The van der Waals surface area contributed by atoms with Crippen LogP contribution in [0.2, 0.25) is 0 Å². The Labute approximate surface area is 126 Å². The summed E-state index contributed by atoms with van der Waals surface area (Å²) in [7, 11) is 0. The van der Waals surface area contributed by atoms with Crippen LogP contribution in [0.25, 0.3) is 0 Å². The smallest absolute Gasteiger partial charge is 0.311 e. The zero-order valence-electron chi connectivity index (χ0n) is 10.3. The van der Waals surface area contributed by atoms with Gasteiger partial charge in [-0.2, -0.15) is 0 Å². The van der Waals surface area contributed by atoms with E-state index in [9.17, 15) is 15.2 Å². The number of nitro groups is 1. The quantitative estimate of drug-likeness (QED) is 0.664. The van der Waals surface area contributed by atoms with Gasteiger partial charge in [-0.3, -0.25) is 15.1 Å². The summed E-state index contributed by atoms with van der Waals surface area (Å²) in [5.74, 6) is -0.333. The number of nitro benzene ring substituents is 1. The molecule has 0 amide bonds. The summed E-state index contributed by atoms with van der Waals surface area (Å²) < 4.78 is 1.82. The monoisotopic (exact) mass is 321 g/mol. The van der Waals surface area contributed by atoms with E-state index < -0.39 is 4.92 Å². The van der Waals surface area contributed by atoms with Gasteiger partial charge in [-0.25, -0.2) is 4.68 Å². The number of hydrogen-bond acceptors (Lipinski definition) is 8. The Morgan fingerprint density at radius 2 is 2.29 bits per heavy atom. The molecule has 0 fully saturated rings. The number of thioether (sulfide) groups is 2. The Bertz CT molecular complexity index is 790. The normalized spacial score (nSPS) is 19.3. The molecular formula is C11H7N5O3S2. The summed E-state index contributed by atoms with van der Waals surface area (Å²) in [6.45, 7) is 0. The Balaban J connectivity index is 1.76. The van der Waals surface area contributed by atoms with Crippen molar-refractivity contribution in [2.45, 2.75) is 10.5 Å². The number of phenolic OH excluding ortho intramolecular Hbond substituents is 1. The molecule has 0 radical (unpaired) electrons. The highest BCUT2D eigenvalue weighted by Gasteiger charge is 2.38. The lowest BCUT2D eigenvalue weighted by Gasteiger charge is -2.24. The van der Waals surface area contributed by atoms with Crippen LogP contribution in [0.1, 0.15) is 10.9 Å². The molecule has 3 heterocycles. The molecule has 8 nitrogen and oxygen atoms in total. The fourth-order valence-corrected chi connectivity index (χ4v) is 4.43. The first-order chi connectivity index (χ1) is 10.1. The molecule has 106 valence electrons. The minimum Gasteiger partial charge on any atom is -0.502 e. The van der Waals surface area contributed by atoms with Gasteiger partial charge < -0.3 is 5.11 Å². The van der Waals surface area contributed by atoms with E-state index in [2.05, 4.69) is 10.2 Å². The first-order valence-electron chi connectivity index (χ1n) is 5.85. The van der Waals surface area contributed by atoms with Crippen molar-refractivity contribution in [1.29, 1.82) is 0 Å². The summed E-state index contributed by atoms with van der Waals surface area (Å²) >= 11 is 3.04. The molecular weight excluding hydrogens is 314 g/mol. The lowest BCUT2D eigenvalue weighted by atomic mass is 10.2. The second kappa shape index (κ2) is 4.40. The highest BCUT2D eigenvalue weighted by atomic mass is 32.2. The predicted molar refractivity (Wildman–Crippen MR) is 77.3 cm³/mol. The van der Waals surface area contributed by atoms with Crippen molar-refractivity contribution in [1.82, 2.24) is 14.9 Å². The van der Waals surface area contributed by atoms with Crippen molar-refractivity contribution in [3.05, 3.63) is 50.6 Å². The molecule has 0 unspecified atom stereocenters. The van der Waals surface area contributed by atoms with Crippen LogP contribution in [-0.2, 0) is 0 Å². The largest absolute Gasteiger partial charge is 0.502 e. The van der Waals surface area contributed by atoms with Gasteiger partial charge in [-0.05, 0) is 23.4 Å². The Morgan fingerprint density at radius 1 is 1.43 bits per heavy atom. The van der Waals surface area contributed by atoms with Crippen LogP contribution in [0.3, 0.4) is 0 Å². The standard InChI is InChI=1S/C11H7N5O3S2/c17-8-2-1-6(3-7(8)16(18)19)10-15-9(4-20-10)21-11-13-12-5-14(11)15/h1-5,10,17H/t10-/m0/s1. The van der Waals surface area contributed by atoms with E-state index in [-0.39, 0.29) is 16.8 Å².